The predicted molar refractivity (Wildman–Crippen MR) is 79.2 cm³/mol. The molecule has 2 aromatic carbocycles. The summed E-state index contributed by atoms with van der Waals surface area (Å²) in [6.45, 7) is 1.08. The van der Waals surface area contributed by atoms with Gasteiger partial charge in [-0.1, -0.05) is 12.1 Å². The molecule has 0 bridgehead atoms. The monoisotopic (exact) mass is 273 g/mol. The normalized spacial score (nSPS) is 13.7. The van der Waals surface area contributed by atoms with Crippen molar-refractivity contribution in [3.8, 4) is 0 Å². The molecule has 1 heterocycles. The van der Waals surface area contributed by atoms with Crippen LogP contribution in [-0.4, -0.2) is 6.54 Å². The Bertz CT molecular complexity index is 565. The van der Waals surface area contributed by atoms with Crippen LogP contribution in [0.3, 0.4) is 0 Å². The minimum absolute atomic E-state index is 0.173. The highest BCUT2D eigenvalue weighted by atomic mass is 32.2. The van der Waals surface area contributed by atoms with Crippen LogP contribution in [0, 0.1) is 5.82 Å². The van der Waals surface area contributed by atoms with Crippen molar-refractivity contribution in [3.63, 3.8) is 0 Å². The third-order valence-corrected chi connectivity index (χ3v) is 4.40. The van der Waals surface area contributed by atoms with Crippen LogP contribution in [0.25, 0.3) is 0 Å². The van der Waals surface area contributed by atoms with E-state index in [0.29, 0.717) is 0 Å². The van der Waals surface area contributed by atoms with Gasteiger partial charge in [-0.05, 0) is 54.3 Å². The third kappa shape index (κ3) is 3.10. The molecule has 3 rings (SSSR count). The summed E-state index contributed by atoms with van der Waals surface area (Å²) in [4.78, 5) is 1.28. The molecule has 19 heavy (non-hydrogen) atoms. The second-order valence-corrected chi connectivity index (χ2v) is 5.81. The summed E-state index contributed by atoms with van der Waals surface area (Å²) in [5, 5.41) is 3.42. The minimum Gasteiger partial charge on any atom is -0.385 e. The zero-order valence-corrected chi connectivity index (χ0v) is 11.5. The summed E-state index contributed by atoms with van der Waals surface area (Å²) >= 11 is 1.80. The van der Waals surface area contributed by atoms with Gasteiger partial charge in [0.2, 0.25) is 0 Å². The van der Waals surface area contributed by atoms with Gasteiger partial charge >= 0.3 is 0 Å². The quantitative estimate of drug-likeness (QED) is 0.828. The third-order valence-electron chi connectivity index (χ3n) is 3.33. The first-order chi connectivity index (χ1) is 9.31. The van der Waals surface area contributed by atoms with E-state index < -0.39 is 0 Å². The maximum absolute atomic E-state index is 12.8. The maximum atomic E-state index is 12.8. The van der Waals surface area contributed by atoms with Gasteiger partial charge in [-0.25, -0.2) is 4.39 Å². The fourth-order valence-electron chi connectivity index (χ4n) is 2.29. The number of nitrogens with one attached hydrogen (secondary N) is 1. The molecule has 98 valence electrons. The summed E-state index contributed by atoms with van der Waals surface area (Å²) in [7, 11) is 0. The number of rotatable bonds is 3. The van der Waals surface area contributed by atoms with E-state index in [4.69, 9.17) is 0 Å². The molecule has 0 fully saturated rings. The Hall–Kier alpha value is -1.48. The Morgan fingerprint density at radius 1 is 1.11 bits per heavy atom. The van der Waals surface area contributed by atoms with Crippen LogP contribution >= 0.6 is 11.8 Å². The van der Waals surface area contributed by atoms with Crippen molar-refractivity contribution in [1.29, 1.82) is 0 Å². The van der Waals surface area contributed by atoms with Gasteiger partial charge in [0.1, 0.15) is 5.82 Å². The van der Waals surface area contributed by atoms with Gasteiger partial charge < -0.3 is 5.32 Å². The highest BCUT2D eigenvalue weighted by Gasteiger charge is 2.08. The first kappa shape index (κ1) is 12.5. The lowest BCUT2D eigenvalue weighted by atomic mass is 10.0. The van der Waals surface area contributed by atoms with Crippen LogP contribution in [0.4, 0.5) is 10.1 Å². The molecular weight excluding hydrogens is 257 g/mol. The fraction of sp³-hybridized carbons (Fsp3) is 0.250. The molecule has 3 heteroatoms. The van der Waals surface area contributed by atoms with Crippen LogP contribution in [-0.2, 0) is 12.2 Å². The standard InChI is InChI=1S/C16H16FNS/c17-14-5-3-12(4-6-14)11-19-15-7-8-16-13(10-15)2-1-9-18-16/h3-8,10,18H,1-2,9,11H2. The number of anilines is 1. The smallest absolute Gasteiger partial charge is 0.123 e. The van der Waals surface area contributed by atoms with Gasteiger partial charge in [-0.15, -0.1) is 11.8 Å². The summed E-state index contributed by atoms with van der Waals surface area (Å²) in [6.07, 6.45) is 2.37. The molecule has 0 atom stereocenters. The molecule has 0 unspecified atom stereocenters. The van der Waals surface area contributed by atoms with Crippen LogP contribution < -0.4 is 5.32 Å². The zero-order valence-electron chi connectivity index (χ0n) is 10.7. The Balaban J connectivity index is 1.68. The number of halogens is 1. The van der Waals surface area contributed by atoms with Crippen molar-refractivity contribution >= 4 is 17.4 Å². The van der Waals surface area contributed by atoms with E-state index in [0.717, 1.165) is 24.3 Å². The van der Waals surface area contributed by atoms with E-state index in [2.05, 4.69) is 23.5 Å². The van der Waals surface area contributed by atoms with Crippen LogP contribution in [0.5, 0.6) is 0 Å². The Morgan fingerprint density at radius 2 is 1.95 bits per heavy atom. The van der Waals surface area contributed by atoms with Crippen molar-refractivity contribution < 1.29 is 4.39 Å². The molecule has 0 aromatic heterocycles. The van der Waals surface area contributed by atoms with E-state index in [1.165, 1.54) is 34.7 Å². The summed E-state index contributed by atoms with van der Waals surface area (Å²) < 4.78 is 12.8. The first-order valence-corrected chi connectivity index (χ1v) is 7.54. The van der Waals surface area contributed by atoms with E-state index >= 15 is 0 Å². The molecule has 0 aliphatic carbocycles. The molecule has 0 radical (unpaired) electrons. The van der Waals surface area contributed by atoms with Gasteiger partial charge in [-0.2, -0.15) is 0 Å². The number of fused-ring (bicyclic) bond motifs is 1. The SMILES string of the molecule is Fc1ccc(CSc2ccc3c(c2)CCCN3)cc1. The van der Waals surface area contributed by atoms with E-state index in [-0.39, 0.29) is 5.82 Å². The summed E-state index contributed by atoms with van der Waals surface area (Å²) in [5.41, 5.74) is 3.84. The Labute approximate surface area is 117 Å². The van der Waals surface area contributed by atoms with Gasteiger partial charge in [0, 0.05) is 22.9 Å². The molecule has 2 aromatic rings. The van der Waals surface area contributed by atoms with Crippen LogP contribution in [0.15, 0.2) is 47.4 Å². The maximum Gasteiger partial charge on any atom is 0.123 e. The Kier molecular flexibility index (Phi) is 3.74. The lowest BCUT2D eigenvalue weighted by Crippen LogP contribution is -2.11. The van der Waals surface area contributed by atoms with Crippen LogP contribution in [0.2, 0.25) is 0 Å². The molecule has 1 nitrogen and oxygen atoms in total. The molecule has 0 amide bonds. The molecule has 1 aliphatic heterocycles. The topological polar surface area (TPSA) is 12.0 Å². The number of hydrogen-bond acceptors (Lipinski definition) is 2. The fourth-order valence-corrected chi connectivity index (χ4v) is 3.20. The highest BCUT2D eigenvalue weighted by molar-refractivity contribution is 7.98. The van der Waals surface area contributed by atoms with Crippen molar-refractivity contribution in [2.24, 2.45) is 0 Å². The first-order valence-electron chi connectivity index (χ1n) is 6.55. The van der Waals surface area contributed by atoms with Gasteiger partial charge in [0.15, 0.2) is 0 Å². The predicted octanol–water partition coefficient (Wildman–Crippen LogP) is 4.48. The van der Waals surface area contributed by atoms with Crippen molar-refractivity contribution in [2.45, 2.75) is 23.5 Å². The summed E-state index contributed by atoms with van der Waals surface area (Å²) in [6, 6.07) is 13.3. The number of benzene rings is 2. The Morgan fingerprint density at radius 3 is 2.79 bits per heavy atom. The molecule has 0 spiro atoms. The van der Waals surface area contributed by atoms with E-state index in [9.17, 15) is 4.39 Å². The second kappa shape index (κ2) is 5.66. The average Bonchev–Trinajstić information content (AvgIpc) is 2.46. The van der Waals surface area contributed by atoms with Crippen molar-refractivity contribution in [1.82, 2.24) is 0 Å². The van der Waals surface area contributed by atoms with E-state index in [1.807, 2.05) is 12.1 Å². The lowest BCUT2D eigenvalue weighted by Gasteiger charge is -2.18. The van der Waals surface area contributed by atoms with Crippen LogP contribution in [0.1, 0.15) is 17.5 Å². The molecule has 0 saturated carbocycles. The molecule has 1 N–H and O–H groups in total. The molecule has 0 saturated heterocycles. The average molecular weight is 273 g/mol. The molecular formula is C16H16FNS. The van der Waals surface area contributed by atoms with Crippen molar-refractivity contribution in [3.05, 3.63) is 59.4 Å². The zero-order chi connectivity index (χ0) is 13.1. The minimum atomic E-state index is -0.173. The van der Waals surface area contributed by atoms with Gasteiger partial charge in [0.05, 0.1) is 0 Å². The largest absolute Gasteiger partial charge is 0.385 e. The van der Waals surface area contributed by atoms with Gasteiger partial charge in [-0.3, -0.25) is 0 Å². The number of aryl methyl sites for hydroxylation is 1. The van der Waals surface area contributed by atoms with Gasteiger partial charge in [0.25, 0.3) is 0 Å². The second-order valence-electron chi connectivity index (χ2n) is 4.76. The lowest BCUT2D eigenvalue weighted by molar-refractivity contribution is 0.627. The van der Waals surface area contributed by atoms with E-state index in [1.54, 1.807) is 11.8 Å². The number of hydrogen-bond donors (Lipinski definition) is 1. The van der Waals surface area contributed by atoms with Crippen molar-refractivity contribution in [2.75, 3.05) is 11.9 Å². The highest BCUT2D eigenvalue weighted by Crippen LogP contribution is 2.29. The molecule has 1 aliphatic rings. The summed E-state index contributed by atoms with van der Waals surface area (Å²) in [5.74, 6) is 0.709. The number of thioether (sulfide) groups is 1.